The molecule has 0 aliphatic heterocycles. The summed E-state index contributed by atoms with van der Waals surface area (Å²) in [5.74, 6) is 0. The van der Waals surface area contributed by atoms with Crippen LogP contribution in [-0.4, -0.2) is 26.9 Å². The molecule has 1 N–H and O–H groups in total. The monoisotopic (exact) mass is 147 g/mol. The van der Waals surface area contributed by atoms with E-state index in [1.54, 1.807) is 7.11 Å². The van der Waals surface area contributed by atoms with E-state index in [2.05, 4.69) is 12.4 Å². The van der Waals surface area contributed by atoms with Gasteiger partial charge in [0, 0.05) is 13.7 Å². The van der Waals surface area contributed by atoms with Crippen LogP contribution in [0.5, 0.6) is 0 Å². The standard InChI is InChI=1S/C7H17NO2/c1-3-4-5-8-10-7-6-9-2/h8H,3-7H2,1-2H3. The average Bonchev–Trinajstić information content (AvgIpc) is 1.97. The summed E-state index contributed by atoms with van der Waals surface area (Å²) in [6.07, 6.45) is 2.35. The number of rotatable bonds is 7. The second-order valence-corrected chi connectivity index (χ2v) is 2.09. The minimum atomic E-state index is 0.625. The van der Waals surface area contributed by atoms with Crippen LogP contribution >= 0.6 is 0 Å². The summed E-state index contributed by atoms with van der Waals surface area (Å²) >= 11 is 0. The number of ether oxygens (including phenoxy) is 1. The van der Waals surface area contributed by atoms with E-state index in [1.165, 1.54) is 6.42 Å². The normalized spacial score (nSPS) is 10.2. The van der Waals surface area contributed by atoms with Gasteiger partial charge in [-0.05, 0) is 6.42 Å². The first-order chi connectivity index (χ1) is 4.91. The zero-order chi connectivity index (χ0) is 7.66. The van der Waals surface area contributed by atoms with Gasteiger partial charge >= 0.3 is 0 Å². The van der Waals surface area contributed by atoms with Gasteiger partial charge in [0.2, 0.25) is 0 Å². The quantitative estimate of drug-likeness (QED) is 0.429. The van der Waals surface area contributed by atoms with Gasteiger partial charge in [0.25, 0.3) is 0 Å². The molecule has 0 bridgehead atoms. The largest absolute Gasteiger partial charge is 0.382 e. The molecule has 0 spiro atoms. The van der Waals surface area contributed by atoms with Gasteiger partial charge in [-0.1, -0.05) is 13.3 Å². The van der Waals surface area contributed by atoms with Gasteiger partial charge in [-0.15, -0.1) is 0 Å². The van der Waals surface area contributed by atoms with Crippen molar-refractivity contribution in [3.8, 4) is 0 Å². The van der Waals surface area contributed by atoms with Crippen LogP contribution in [0.25, 0.3) is 0 Å². The van der Waals surface area contributed by atoms with Gasteiger partial charge < -0.3 is 4.74 Å². The zero-order valence-electron chi connectivity index (χ0n) is 6.85. The highest BCUT2D eigenvalue weighted by Gasteiger charge is 1.84. The van der Waals surface area contributed by atoms with E-state index in [9.17, 15) is 0 Å². The van der Waals surface area contributed by atoms with Crippen LogP contribution in [0.1, 0.15) is 19.8 Å². The van der Waals surface area contributed by atoms with E-state index in [0.717, 1.165) is 13.0 Å². The molecule has 3 nitrogen and oxygen atoms in total. The third kappa shape index (κ3) is 7.88. The Labute approximate surface area is 62.7 Å². The fourth-order valence-electron chi connectivity index (χ4n) is 0.518. The molecule has 62 valence electrons. The summed E-state index contributed by atoms with van der Waals surface area (Å²) in [4.78, 5) is 5.00. The molecule has 0 aromatic heterocycles. The number of hydrogen-bond donors (Lipinski definition) is 1. The Bertz CT molecular complexity index is 51.6. The van der Waals surface area contributed by atoms with Gasteiger partial charge in [-0.3, -0.25) is 4.84 Å². The molecule has 0 saturated heterocycles. The van der Waals surface area contributed by atoms with Crippen molar-refractivity contribution in [3.05, 3.63) is 0 Å². The maximum atomic E-state index is 5.00. The molecule has 0 aromatic rings. The minimum Gasteiger partial charge on any atom is -0.382 e. The first-order valence-corrected chi connectivity index (χ1v) is 3.75. The highest BCUT2D eigenvalue weighted by atomic mass is 16.7. The number of hydroxylamine groups is 1. The molecular weight excluding hydrogens is 130 g/mol. The summed E-state index contributed by atoms with van der Waals surface area (Å²) in [6, 6.07) is 0. The van der Waals surface area contributed by atoms with Crippen LogP contribution in [0.3, 0.4) is 0 Å². The Kier molecular flexibility index (Phi) is 8.77. The molecular formula is C7H17NO2. The van der Waals surface area contributed by atoms with Crippen molar-refractivity contribution in [2.45, 2.75) is 19.8 Å². The molecule has 0 heterocycles. The zero-order valence-corrected chi connectivity index (χ0v) is 6.85. The fraction of sp³-hybridized carbons (Fsp3) is 1.00. The smallest absolute Gasteiger partial charge is 0.0915 e. The molecule has 3 heteroatoms. The van der Waals surface area contributed by atoms with Crippen LogP contribution < -0.4 is 5.48 Å². The highest BCUT2D eigenvalue weighted by molar-refractivity contribution is 4.33. The number of unbranched alkanes of at least 4 members (excludes halogenated alkanes) is 1. The van der Waals surface area contributed by atoms with Crippen molar-refractivity contribution >= 4 is 0 Å². The van der Waals surface area contributed by atoms with Crippen LogP contribution in [0.2, 0.25) is 0 Å². The number of hydrogen-bond acceptors (Lipinski definition) is 3. The summed E-state index contributed by atoms with van der Waals surface area (Å²) in [7, 11) is 1.66. The number of methoxy groups -OCH3 is 1. The Balaban J connectivity index is 2.65. The van der Waals surface area contributed by atoms with E-state index >= 15 is 0 Å². The van der Waals surface area contributed by atoms with Gasteiger partial charge in [-0.2, -0.15) is 0 Å². The molecule has 0 aliphatic carbocycles. The van der Waals surface area contributed by atoms with E-state index < -0.39 is 0 Å². The Hall–Kier alpha value is -0.120. The van der Waals surface area contributed by atoms with Gasteiger partial charge in [0.15, 0.2) is 0 Å². The molecule has 0 aromatic carbocycles. The van der Waals surface area contributed by atoms with Crippen LogP contribution in [0.15, 0.2) is 0 Å². The molecule has 0 aliphatic rings. The van der Waals surface area contributed by atoms with E-state index in [1.807, 2.05) is 0 Å². The molecule has 0 rings (SSSR count). The van der Waals surface area contributed by atoms with Crippen molar-refractivity contribution in [2.75, 3.05) is 26.9 Å². The third-order valence-electron chi connectivity index (χ3n) is 1.12. The summed E-state index contributed by atoms with van der Waals surface area (Å²) in [5, 5.41) is 0. The van der Waals surface area contributed by atoms with Crippen molar-refractivity contribution in [3.63, 3.8) is 0 Å². The lowest BCUT2D eigenvalue weighted by Crippen LogP contribution is -2.18. The van der Waals surface area contributed by atoms with E-state index in [4.69, 9.17) is 9.57 Å². The Morgan fingerprint density at radius 2 is 2.10 bits per heavy atom. The molecule has 0 radical (unpaired) electrons. The lowest BCUT2D eigenvalue weighted by Gasteiger charge is -2.02. The Morgan fingerprint density at radius 1 is 1.30 bits per heavy atom. The maximum absolute atomic E-state index is 5.00. The van der Waals surface area contributed by atoms with Crippen LogP contribution in [-0.2, 0) is 9.57 Å². The highest BCUT2D eigenvalue weighted by Crippen LogP contribution is 1.81. The second kappa shape index (κ2) is 8.88. The molecule has 0 atom stereocenters. The molecule has 0 amide bonds. The molecule has 0 unspecified atom stereocenters. The fourth-order valence-corrected chi connectivity index (χ4v) is 0.518. The van der Waals surface area contributed by atoms with Crippen LogP contribution in [0.4, 0.5) is 0 Å². The Morgan fingerprint density at radius 3 is 2.70 bits per heavy atom. The second-order valence-electron chi connectivity index (χ2n) is 2.09. The first kappa shape index (κ1) is 9.88. The van der Waals surface area contributed by atoms with Gasteiger partial charge in [0.1, 0.15) is 0 Å². The van der Waals surface area contributed by atoms with Gasteiger partial charge in [-0.25, -0.2) is 5.48 Å². The minimum absolute atomic E-state index is 0.625. The predicted octanol–water partition coefficient (Wildman–Crippen LogP) is 0.954. The molecule has 10 heavy (non-hydrogen) atoms. The SMILES string of the molecule is CCCCNOCCOC. The topological polar surface area (TPSA) is 30.5 Å². The lowest BCUT2D eigenvalue weighted by atomic mass is 10.3. The summed E-state index contributed by atoms with van der Waals surface area (Å²) in [6.45, 7) is 4.36. The van der Waals surface area contributed by atoms with E-state index in [-0.39, 0.29) is 0 Å². The van der Waals surface area contributed by atoms with Gasteiger partial charge in [0.05, 0.1) is 13.2 Å². The summed E-state index contributed by atoms with van der Waals surface area (Å²) in [5.41, 5.74) is 2.84. The maximum Gasteiger partial charge on any atom is 0.0915 e. The van der Waals surface area contributed by atoms with E-state index in [0.29, 0.717) is 13.2 Å². The van der Waals surface area contributed by atoms with Crippen molar-refractivity contribution in [1.82, 2.24) is 5.48 Å². The number of nitrogens with one attached hydrogen (secondary N) is 1. The molecule has 0 fully saturated rings. The van der Waals surface area contributed by atoms with Crippen molar-refractivity contribution in [1.29, 1.82) is 0 Å². The predicted molar refractivity (Wildman–Crippen MR) is 40.7 cm³/mol. The molecule has 0 saturated carbocycles. The lowest BCUT2D eigenvalue weighted by molar-refractivity contribution is 0.00663. The average molecular weight is 147 g/mol. The van der Waals surface area contributed by atoms with Crippen LogP contribution in [0, 0.1) is 0 Å². The summed E-state index contributed by atoms with van der Waals surface area (Å²) < 4.78 is 4.78. The van der Waals surface area contributed by atoms with Crippen molar-refractivity contribution < 1.29 is 9.57 Å². The third-order valence-corrected chi connectivity index (χ3v) is 1.12. The van der Waals surface area contributed by atoms with Crippen molar-refractivity contribution in [2.24, 2.45) is 0 Å². The first-order valence-electron chi connectivity index (χ1n) is 3.75.